The Balaban J connectivity index is 1.88. The van der Waals surface area contributed by atoms with Crippen LogP contribution in [0.3, 0.4) is 0 Å². The van der Waals surface area contributed by atoms with Crippen molar-refractivity contribution in [3.63, 3.8) is 0 Å². The van der Waals surface area contributed by atoms with Crippen LogP contribution in [0.25, 0.3) is 0 Å². The molecule has 3 aliphatic carbocycles. The predicted octanol–water partition coefficient (Wildman–Crippen LogP) is 5.59. The minimum absolute atomic E-state index is 0.190. The first-order valence-corrected chi connectivity index (χ1v) is 12.6. The average Bonchev–Trinajstić information content (AvgIpc) is 3.06. The molecular weight excluding hydrogens is 358 g/mol. The topological polar surface area (TPSA) is 63.3 Å². The van der Waals surface area contributed by atoms with Crippen LogP contribution in [-0.2, 0) is 4.79 Å². The molecule has 3 aliphatic rings. The molecule has 9 atom stereocenters. The van der Waals surface area contributed by atoms with Crippen molar-refractivity contribution >= 4 is 5.78 Å². The van der Waals surface area contributed by atoms with E-state index in [1.807, 2.05) is 0 Å². The summed E-state index contributed by atoms with van der Waals surface area (Å²) >= 11 is 0. The zero-order valence-corrected chi connectivity index (χ0v) is 19.8. The van der Waals surface area contributed by atoms with E-state index < -0.39 is 0 Å². The predicted molar refractivity (Wildman–Crippen MR) is 120 cm³/mol. The Bertz CT molecular complexity index is 577. The van der Waals surface area contributed by atoms with E-state index in [1.165, 1.54) is 25.7 Å². The molecule has 29 heavy (non-hydrogen) atoms. The molecule has 0 aliphatic heterocycles. The van der Waals surface area contributed by atoms with Crippen LogP contribution < -0.4 is 5.73 Å². The standard InChI is InChI=1S/C26H47NO2/c1-6-18-16-25(4,13-10-19(28)7-2)21-11-14-26(5)20(17(3)12-15-27)8-9-22(26)23(21)24(18)29/h17-23,28H,6-16,27H2,1-5H3/t17-,18+,19+,20-,21+,22+,23-,25+,26-/m1/s1. The fourth-order valence-electron chi connectivity index (χ4n) is 8.18. The van der Waals surface area contributed by atoms with Gasteiger partial charge in [0.1, 0.15) is 5.78 Å². The van der Waals surface area contributed by atoms with Gasteiger partial charge in [0.25, 0.3) is 0 Å². The summed E-state index contributed by atoms with van der Waals surface area (Å²) in [5.74, 6) is 3.54. The number of nitrogens with two attached hydrogens (primary N) is 1. The number of hydrogen-bond donors (Lipinski definition) is 2. The average molecular weight is 406 g/mol. The number of fused-ring (bicyclic) bond motifs is 3. The Morgan fingerprint density at radius 2 is 1.86 bits per heavy atom. The zero-order chi connectivity index (χ0) is 21.4. The Hall–Kier alpha value is -0.410. The second-order valence-corrected chi connectivity index (χ2v) is 11.5. The number of ketones is 1. The quantitative estimate of drug-likeness (QED) is 0.553. The SMILES string of the molecule is CC[C@H](O)CC[C@@]1(C)C[C@H](CC)C(=O)[C@@H]2[C@@H]1CC[C@]1(C)[C@@H]([C@H](C)CCN)CC[C@@H]21. The molecule has 0 bridgehead atoms. The normalized spacial score (nSPS) is 44.2. The summed E-state index contributed by atoms with van der Waals surface area (Å²) in [6.07, 6.45) is 10.7. The highest BCUT2D eigenvalue weighted by Crippen LogP contribution is 2.66. The first-order valence-electron chi connectivity index (χ1n) is 12.6. The highest BCUT2D eigenvalue weighted by Gasteiger charge is 2.61. The lowest BCUT2D eigenvalue weighted by atomic mass is 9.46. The molecule has 3 fully saturated rings. The molecule has 3 heteroatoms. The van der Waals surface area contributed by atoms with Crippen molar-refractivity contribution in [2.75, 3.05) is 6.54 Å². The lowest BCUT2D eigenvalue weighted by molar-refractivity contribution is -0.153. The third kappa shape index (κ3) is 4.07. The first kappa shape index (κ1) is 23.3. The minimum Gasteiger partial charge on any atom is -0.393 e. The maximum Gasteiger partial charge on any atom is 0.139 e. The molecule has 0 spiro atoms. The minimum atomic E-state index is -0.190. The van der Waals surface area contributed by atoms with Crippen LogP contribution in [0, 0.1) is 46.3 Å². The van der Waals surface area contributed by atoms with Gasteiger partial charge in [-0.2, -0.15) is 0 Å². The summed E-state index contributed by atoms with van der Waals surface area (Å²) in [4.78, 5) is 13.7. The molecule has 0 saturated heterocycles. The number of Topliss-reactive ketones (excluding diaryl/α,β-unsaturated/α-hetero) is 1. The molecular formula is C26H47NO2. The first-order chi connectivity index (χ1) is 13.7. The Kier molecular flexibility index (Phi) is 7.21. The number of carbonyl (C=O) groups excluding carboxylic acids is 1. The summed E-state index contributed by atoms with van der Waals surface area (Å²) < 4.78 is 0. The van der Waals surface area contributed by atoms with Crippen molar-refractivity contribution in [1.82, 2.24) is 0 Å². The Morgan fingerprint density at radius 1 is 1.14 bits per heavy atom. The van der Waals surface area contributed by atoms with Crippen LogP contribution in [0.15, 0.2) is 0 Å². The highest BCUT2D eigenvalue weighted by molar-refractivity contribution is 5.85. The van der Waals surface area contributed by atoms with E-state index in [-0.39, 0.29) is 23.4 Å². The fraction of sp³-hybridized carbons (Fsp3) is 0.962. The van der Waals surface area contributed by atoms with Gasteiger partial charge in [0.15, 0.2) is 0 Å². The summed E-state index contributed by atoms with van der Waals surface area (Å²) in [7, 11) is 0. The maximum atomic E-state index is 13.7. The third-order valence-corrected chi connectivity index (χ3v) is 10.0. The monoisotopic (exact) mass is 405 g/mol. The second-order valence-electron chi connectivity index (χ2n) is 11.5. The van der Waals surface area contributed by atoms with Crippen molar-refractivity contribution in [2.45, 2.75) is 105 Å². The third-order valence-electron chi connectivity index (χ3n) is 10.0. The molecule has 3 N–H and O–H groups in total. The van der Waals surface area contributed by atoms with E-state index in [0.717, 1.165) is 51.0 Å². The van der Waals surface area contributed by atoms with E-state index in [4.69, 9.17) is 5.73 Å². The molecule has 0 amide bonds. The fourth-order valence-corrected chi connectivity index (χ4v) is 8.18. The van der Waals surface area contributed by atoms with Gasteiger partial charge in [0.05, 0.1) is 6.10 Å². The molecule has 168 valence electrons. The lowest BCUT2D eigenvalue weighted by Crippen LogP contribution is -2.55. The number of rotatable bonds is 8. The molecule has 0 heterocycles. The van der Waals surface area contributed by atoms with Gasteiger partial charge in [0, 0.05) is 11.8 Å². The smallest absolute Gasteiger partial charge is 0.139 e. The van der Waals surface area contributed by atoms with Crippen molar-refractivity contribution in [1.29, 1.82) is 0 Å². The molecule has 0 radical (unpaired) electrons. The number of hydrogen-bond acceptors (Lipinski definition) is 3. The molecule has 3 nitrogen and oxygen atoms in total. The van der Waals surface area contributed by atoms with Gasteiger partial charge in [-0.15, -0.1) is 0 Å². The van der Waals surface area contributed by atoms with Gasteiger partial charge in [-0.05, 0) is 105 Å². The molecule has 0 aromatic carbocycles. The zero-order valence-electron chi connectivity index (χ0n) is 19.8. The van der Waals surface area contributed by atoms with E-state index in [2.05, 4.69) is 34.6 Å². The van der Waals surface area contributed by atoms with Crippen molar-refractivity contribution in [3.8, 4) is 0 Å². The molecule has 3 saturated carbocycles. The molecule has 0 aromatic rings. The summed E-state index contributed by atoms with van der Waals surface area (Å²) in [5.41, 5.74) is 6.42. The molecule has 0 unspecified atom stereocenters. The van der Waals surface area contributed by atoms with Crippen LogP contribution >= 0.6 is 0 Å². The summed E-state index contributed by atoms with van der Waals surface area (Å²) in [5, 5.41) is 10.2. The van der Waals surface area contributed by atoms with Crippen LogP contribution in [0.5, 0.6) is 0 Å². The van der Waals surface area contributed by atoms with Crippen LogP contribution in [0.4, 0.5) is 0 Å². The Morgan fingerprint density at radius 3 is 2.48 bits per heavy atom. The summed E-state index contributed by atoms with van der Waals surface area (Å²) in [6, 6.07) is 0. The van der Waals surface area contributed by atoms with Gasteiger partial charge in [-0.25, -0.2) is 0 Å². The van der Waals surface area contributed by atoms with Gasteiger partial charge in [0.2, 0.25) is 0 Å². The van der Waals surface area contributed by atoms with Gasteiger partial charge < -0.3 is 10.8 Å². The van der Waals surface area contributed by atoms with Crippen molar-refractivity contribution in [2.24, 2.45) is 52.1 Å². The molecule has 3 rings (SSSR count). The maximum absolute atomic E-state index is 13.7. The number of carbonyl (C=O) groups is 1. The Labute approximate surface area is 179 Å². The number of aliphatic hydroxyl groups excluding tert-OH is 1. The van der Waals surface area contributed by atoms with Crippen LogP contribution in [0.2, 0.25) is 0 Å². The second kappa shape index (κ2) is 8.99. The molecule has 0 aromatic heterocycles. The van der Waals surface area contributed by atoms with Gasteiger partial charge >= 0.3 is 0 Å². The van der Waals surface area contributed by atoms with E-state index in [1.54, 1.807) is 0 Å². The van der Waals surface area contributed by atoms with E-state index in [9.17, 15) is 9.90 Å². The van der Waals surface area contributed by atoms with Crippen LogP contribution in [0.1, 0.15) is 98.8 Å². The van der Waals surface area contributed by atoms with Crippen LogP contribution in [-0.4, -0.2) is 23.5 Å². The van der Waals surface area contributed by atoms with E-state index >= 15 is 0 Å². The largest absolute Gasteiger partial charge is 0.393 e. The van der Waals surface area contributed by atoms with Crippen molar-refractivity contribution < 1.29 is 9.90 Å². The van der Waals surface area contributed by atoms with Gasteiger partial charge in [-0.3, -0.25) is 4.79 Å². The number of aliphatic hydroxyl groups is 1. The van der Waals surface area contributed by atoms with E-state index in [0.29, 0.717) is 29.0 Å². The van der Waals surface area contributed by atoms with Gasteiger partial charge in [-0.1, -0.05) is 34.6 Å². The van der Waals surface area contributed by atoms with Crippen molar-refractivity contribution in [3.05, 3.63) is 0 Å². The lowest BCUT2D eigenvalue weighted by Gasteiger charge is -2.58. The summed E-state index contributed by atoms with van der Waals surface area (Å²) in [6.45, 7) is 12.4. The highest BCUT2D eigenvalue weighted by atomic mass is 16.3.